The molecule has 0 bridgehead atoms. The first kappa shape index (κ1) is 17.3. The molecular weight excluding hydrogens is 324 g/mol. The number of pyridine rings is 1. The highest BCUT2D eigenvalue weighted by Gasteiger charge is 2.21. The molecule has 1 amide bonds. The van der Waals surface area contributed by atoms with Crippen molar-refractivity contribution in [2.24, 2.45) is 0 Å². The lowest BCUT2D eigenvalue weighted by Crippen LogP contribution is -2.34. The van der Waals surface area contributed by atoms with Gasteiger partial charge in [-0.1, -0.05) is 18.5 Å². The lowest BCUT2D eigenvalue weighted by atomic mass is 10.2. The van der Waals surface area contributed by atoms with E-state index in [1.54, 1.807) is 6.92 Å². The molecule has 1 heterocycles. The van der Waals surface area contributed by atoms with Crippen LogP contribution in [0.5, 0.6) is 0 Å². The molecule has 11 heteroatoms. The summed E-state index contributed by atoms with van der Waals surface area (Å²) in [5.74, 6) is -1.13. The molecule has 0 aliphatic rings. The maximum Gasteiger partial charge on any atom is 0.300 e. The summed E-state index contributed by atoms with van der Waals surface area (Å²) < 4.78 is 25.0. The minimum Gasteiger partial charge on any atom is -0.351 e. The molecule has 0 fully saturated rings. The Labute approximate surface area is 125 Å². The summed E-state index contributed by atoms with van der Waals surface area (Å²) in [4.78, 5) is 25.4. The fraction of sp³-hybridized carbons (Fsp3) is 0.400. The second-order valence-corrected chi connectivity index (χ2v) is 6.17. The fourth-order valence-electron chi connectivity index (χ4n) is 1.44. The van der Waals surface area contributed by atoms with E-state index in [-0.39, 0.29) is 29.6 Å². The second-order valence-electron chi connectivity index (χ2n) is 3.85. The first-order valence-electron chi connectivity index (χ1n) is 5.82. The highest BCUT2D eigenvalue weighted by Crippen LogP contribution is 2.19. The Morgan fingerprint density at radius 1 is 1.52 bits per heavy atom. The van der Waals surface area contributed by atoms with Crippen LogP contribution in [0.4, 0.5) is 5.69 Å². The van der Waals surface area contributed by atoms with Gasteiger partial charge in [0.25, 0.3) is 11.6 Å². The normalized spacial score (nSPS) is 11.1. The van der Waals surface area contributed by atoms with Crippen LogP contribution in [-0.4, -0.2) is 43.1 Å². The minimum atomic E-state index is -3.48. The molecule has 0 atom stereocenters. The third-order valence-electron chi connectivity index (χ3n) is 2.31. The molecule has 116 valence electrons. The average molecular weight is 337 g/mol. The summed E-state index contributed by atoms with van der Waals surface area (Å²) in [6.07, 6.45) is 0.868. The summed E-state index contributed by atoms with van der Waals surface area (Å²) in [5.41, 5.74) is -0.785. The molecule has 0 radical (unpaired) electrons. The number of hydrogen-bond acceptors (Lipinski definition) is 6. The zero-order valence-electron chi connectivity index (χ0n) is 11.0. The number of sulfonamides is 1. The molecule has 1 rings (SSSR count). The van der Waals surface area contributed by atoms with Gasteiger partial charge in [-0.05, 0) is 6.07 Å². The van der Waals surface area contributed by atoms with Gasteiger partial charge >= 0.3 is 0 Å². The Kier molecular flexibility index (Phi) is 6.00. The second kappa shape index (κ2) is 7.29. The monoisotopic (exact) mass is 336 g/mol. The van der Waals surface area contributed by atoms with Gasteiger partial charge in [0.1, 0.15) is 16.9 Å². The van der Waals surface area contributed by atoms with Crippen LogP contribution in [0.15, 0.2) is 12.3 Å². The molecule has 0 aliphatic carbocycles. The number of hydrogen-bond donors (Lipinski definition) is 2. The van der Waals surface area contributed by atoms with Crippen molar-refractivity contribution in [1.29, 1.82) is 0 Å². The number of aromatic nitrogens is 1. The van der Waals surface area contributed by atoms with E-state index in [9.17, 15) is 23.3 Å². The number of amides is 1. The Bertz CT molecular complexity index is 649. The third-order valence-corrected chi connectivity index (χ3v) is 3.99. The Balaban J connectivity index is 2.77. The van der Waals surface area contributed by atoms with Gasteiger partial charge in [0.2, 0.25) is 10.0 Å². The molecule has 0 aromatic carbocycles. The van der Waals surface area contributed by atoms with Crippen LogP contribution in [0.1, 0.15) is 17.3 Å². The van der Waals surface area contributed by atoms with Gasteiger partial charge in [-0.25, -0.2) is 18.1 Å². The standard InChI is InChI=1S/C10H13ClN4O5S/c1-2-14-21(19,20)4-3-12-10(16)7-5-9(11)13-6-8(7)15(17)18/h5-6,14H,2-4H2,1H3,(H,12,16). The highest BCUT2D eigenvalue weighted by molar-refractivity contribution is 7.89. The lowest BCUT2D eigenvalue weighted by Gasteiger charge is -2.07. The van der Waals surface area contributed by atoms with Crippen LogP contribution in [0, 0.1) is 10.1 Å². The van der Waals surface area contributed by atoms with E-state index in [1.165, 1.54) is 0 Å². The van der Waals surface area contributed by atoms with Crippen LogP contribution in [0.3, 0.4) is 0 Å². The smallest absolute Gasteiger partial charge is 0.300 e. The van der Waals surface area contributed by atoms with Gasteiger partial charge < -0.3 is 5.32 Å². The predicted octanol–water partition coefficient (Wildman–Crippen LogP) is 0.312. The first-order chi connectivity index (χ1) is 9.76. The fourth-order valence-corrected chi connectivity index (χ4v) is 2.55. The van der Waals surface area contributed by atoms with E-state index in [4.69, 9.17) is 11.6 Å². The molecular formula is C10H13ClN4O5S. The van der Waals surface area contributed by atoms with Crippen molar-refractivity contribution in [1.82, 2.24) is 15.0 Å². The van der Waals surface area contributed by atoms with Gasteiger partial charge in [-0.2, -0.15) is 0 Å². The number of nitrogens with one attached hydrogen (secondary N) is 2. The van der Waals surface area contributed by atoms with Crippen LogP contribution in [-0.2, 0) is 10.0 Å². The van der Waals surface area contributed by atoms with E-state index in [0.29, 0.717) is 0 Å². The van der Waals surface area contributed by atoms with Crippen molar-refractivity contribution in [3.63, 3.8) is 0 Å². The molecule has 1 aromatic heterocycles. The quantitative estimate of drug-likeness (QED) is 0.418. The largest absolute Gasteiger partial charge is 0.351 e. The number of nitro groups is 1. The molecule has 2 N–H and O–H groups in total. The molecule has 9 nitrogen and oxygen atoms in total. The van der Waals surface area contributed by atoms with Crippen molar-refractivity contribution < 1.29 is 18.1 Å². The van der Waals surface area contributed by atoms with Gasteiger partial charge in [0.15, 0.2) is 0 Å². The Morgan fingerprint density at radius 2 is 2.19 bits per heavy atom. The molecule has 0 spiro atoms. The molecule has 0 saturated heterocycles. The van der Waals surface area contributed by atoms with Crippen LogP contribution < -0.4 is 10.0 Å². The van der Waals surface area contributed by atoms with Crippen molar-refractivity contribution in [2.45, 2.75) is 6.92 Å². The van der Waals surface area contributed by atoms with Gasteiger partial charge in [-0.15, -0.1) is 0 Å². The highest BCUT2D eigenvalue weighted by atomic mass is 35.5. The first-order valence-corrected chi connectivity index (χ1v) is 7.85. The Hall–Kier alpha value is -1.78. The van der Waals surface area contributed by atoms with Crippen molar-refractivity contribution >= 4 is 33.2 Å². The lowest BCUT2D eigenvalue weighted by molar-refractivity contribution is -0.385. The van der Waals surface area contributed by atoms with Crippen molar-refractivity contribution in [3.8, 4) is 0 Å². The van der Waals surface area contributed by atoms with Crippen LogP contribution >= 0.6 is 11.6 Å². The molecule has 0 saturated carbocycles. The molecule has 21 heavy (non-hydrogen) atoms. The van der Waals surface area contributed by atoms with E-state index >= 15 is 0 Å². The SMILES string of the molecule is CCNS(=O)(=O)CCNC(=O)c1cc(Cl)ncc1[N+](=O)[O-]. The molecule has 0 aliphatic heterocycles. The maximum atomic E-state index is 11.8. The summed E-state index contributed by atoms with van der Waals surface area (Å²) >= 11 is 5.59. The molecule has 0 unspecified atom stereocenters. The van der Waals surface area contributed by atoms with Crippen LogP contribution in [0.25, 0.3) is 0 Å². The average Bonchev–Trinajstić information content (AvgIpc) is 2.37. The third kappa shape index (κ3) is 5.25. The van der Waals surface area contributed by atoms with Gasteiger partial charge in [-0.3, -0.25) is 14.9 Å². The minimum absolute atomic E-state index is 0.0778. The summed E-state index contributed by atoms with van der Waals surface area (Å²) in [5, 5.41) is 13.0. The van der Waals surface area contributed by atoms with E-state index < -0.39 is 26.5 Å². The summed E-state index contributed by atoms with van der Waals surface area (Å²) in [7, 11) is -3.48. The van der Waals surface area contributed by atoms with E-state index in [1.807, 2.05) is 0 Å². The topological polar surface area (TPSA) is 131 Å². The van der Waals surface area contributed by atoms with Crippen LogP contribution in [0.2, 0.25) is 5.15 Å². The van der Waals surface area contributed by atoms with Gasteiger partial charge in [0, 0.05) is 13.1 Å². The van der Waals surface area contributed by atoms with E-state index in [0.717, 1.165) is 12.3 Å². The number of halogens is 1. The molecule has 1 aromatic rings. The summed E-state index contributed by atoms with van der Waals surface area (Å²) in [6.45, 7) is 1.67. The Morgan fingerprint density at radius 3 is 2.76 bits per heavy atom. The zero-order chi connectivity index (χ0) is 16.0. The van der Waals surface area contributed by atoms with Crippen molar-refractivity contribution in [3.05, 3.63) is 33.1 Å². The number of rotatable bonds is 7. The zero-order valence-corrected chi connectivity index (χ0v) is 12.6. The van der Waals surface area contributed by atoms with E-state index in [2.05, 4.69) is 15.0 Å². The van der Waals surface area contributed by atoms with Crippen molar-refractivity contribution in [2.75, 3.05) is 18.8 Å². The number of carbonyl (C=O) groups excluding carboxylic acids is 1. The number of nitrogens with zero attached hydrogens (tertiary/aromatic N) is 2. The number of carbonyl (C=O) groups is 1. The maximum absolute atomic E-state index is 11.8. The van der Waals surface area contributed by atoms with Gasteiger partial charge in [0.05, 0.1) is 10.7 Å². The summed E-state index contributed by atoms with van der Waals surface area (Å²) in [6, 6.07) is 1.05. The predicted molar refractivity (Wildman–Crippen MR) is 75.7 cm³/mol.